The Morgan fingerprint density at radius 1 is 1.30 bits per heavy atom. The van der Waals surface area contributed by atoms with Crippen molar-refractivity contribution in [2.75, 3.05) is 24.8 Å². The van der Waals surface area contributed by atoms with Gasteiger partial charge in [0.15, 0.2) is 0 Å². The van der Waals surface area contributed by atoms with Crippen molar-refractivity contribution in [3.05, 3.63) is 36.5 Å². The highest BCUT2D eigenvalue weighted by molar-refractivity contribution is 5.68. The Kier molecular flexibility index (Phi) is 5.18. The molecular formula is C16H24N4. The Morgan fingerprint density at radius 3 is 2.65 bits per heavy atom. The lowest BCUT2D eigenvalue weighted by Gasteiger charge is -2.39. The van der Waals surface area contributed by atoms with Crippen LogP contribution in [0.15, 0.2) is 41.5 Å². The highest BCUT2D eigenvalue weighted by Gasteiger charge is 2.20. The molecule has 0 bridgehead atoms. The fraction of sp³-hybridized carbons (Fsp3) is 0.438. The maximum atomic E-state index is 4.14. The van der Waals surface area contributed by atoms with Gasteiger partial charge in [0, 0.05) is 18.8 Å². The first kappa shape index (κ1) is 14.6. The van der Waals surface area contributed by atoms with E-state index in [0.717, 1.165) is 30.2 Å². The van der Waals surface area contributed by atoms with E-state index in [1.54, 1.807) is 0 Å². The Balaban J connectivity index is 2.24. The second kappa shape index (κ2) is 7.10. The molecule has 2 rings (SSSR count). The van der Waals surface area contributed by atoms with Crippen LogP contribution in [0.2, 0.25) is 0 Å². The van der Waals surface area contributed by atoms with Gasteiger partial charge in [0.1, 0.15) is 6.67 Å². The molecule has 0 spiro atoms. The van der Waals surface area contributed by atoms with E-state index >= 15 is 0 Å². The molecule has 1 aromatic carbocycles. The summed E-state index contributed by atoms with van der Waals surface area (Å²) in [6, 6.07) is 8.13. The molecular weight excluding hydrogens is 248 g/mol. The number of rotatable bonds is 6. The number of aliphatic imine (C=N–C) groups is 1. The average Bonchev–Trinajstić information content (AvgIpc) is 2.49. The molecule has 0 unspecified atom stereocenters. The Morgan fingerprint density at radius 2 is 2.00 bits per heavy atom. The van der Waals surface area contributed by atoms with E-state index in [1.165, 1.54) is 19.3 Å². The van der Waals surface area contributed by atoms with Gasteiger partial charge in [-0.2, -0.15) is 0 Å². The van der Waals surface area contributed by atoms with Crippen LogP contribution in [0.3, 0.4) is 0 Å². The van der Waals surface area contributed by atoms with Crippen molar-refractivity contribution in [2.24, 2.45) is 4.99 Å². The van der Waals surface area contributed by atoms with Crippen molar-refractivity contribution in [3.63, 3.8) is 0 Å². The summed E-state index contributed by atoms with van der Waals surface area (Å²) in [5, 5.41) is 7.97. The number of piperidine rings is 1. The van der Waals surface area contributed by atoms with E-state index in [-0.39, 0.29) is 0 Å². The van der Waals surface area contributed by atoms with Gasteiger partial charge in [-0.1, -0.05) is 25.1 Å². The Labute approximate surface area is 121 Å². The summed E-state index contributed by atoms with van der Waals surface area (Å²) >= 11 is 0. The van der Waals surface area contributed by atoms with E-state index in [4.69, 9.17) is 0 Å². The molecule has 0 aliphatic carbocycles. The van der Waals surface area contributed by atoms with Crippen molar-refractivity contribution < 1.29 is 0 Å². The second-order valence-electron chi connectivity index (χ2n) is 5.18. The Bertz CT molecular complexity index is 463. The minimum Gasteiger partial charge on any atom is -0.371 e. The average molecular weight is 272 g/mol. The number of hydrazine groups is 1. The third-order valence-electron chi connectivity index (χ3n) is 3.53. The summed E-state index contributed by atoms with van der Waals surface area (Å²) in [5.74, 6) is 0. The van der Waals surface area contributed by atoms with Crippen LogP contribution in [-0.4, -0.2) is 31.5 Å². The molecule has 0 aromatic heterocycles. The van der Waals surface area contributed by atoms with Gasteiger partial charge in [0.05, 0.1) is 11.4 Å². The monoisotopic (exact) mass is 272 g/mol. The normalized spacial score (nSPS) is 15.7. The summed E-state index contributed by atoms with van der Waals surface area (Å²) in [6.45, 7) is 12.5. The summed E-state index contributed by atoms with van der Waals surface area (Å²) < 4.78 is 0. The number of nitrogens with zero attached hydrogens (tertiary/aromatic N) is 3. The molecule has 1 heterocycles. The number of nitrogens with one attached hydrogen (secondary N) is 1. The van der Waals surface area contributed by atoms with Gasteiger partial charge in [-0.25, -0.2) is 5.01 Å². The number of allylic oxidation sites excluding steroid dienone is 1. The van der Waals surface area contributed by atoms with Crippen LogP contribution in [-0.2, 0) is 0 Å². The van der Waals surface area contributed by atoms with Gasteiger partial charge < -0.3 is 5.32 Å². The van der Waals surface area contributed by atoms with Crippen molar-refractivity contribution in [1.82, 2.24) is 10.3 Å². The number of hydrogen-bond donors (Lipinski definition) is 1. The van der Waals surface area contributed by atoms with Gasteiger partial charge in [-0.15, -0.1) is 0 Å². The molecule has 1 saturated heterocycles. The molecule has 0 radical (unpaired) electrons. The first-order valence-electron chi connectivity index (χ1n) is 7.20. The fourth-order valence-electron chi connectivity index (χ4n) is 2.48. The largest absolute Gasteiger partial charge is 0.371 e. The standard InChI is InChI=1S/C16H24N4/c1-14(2)18-13-20(19-11-7-4-8-12-19)16-10-6-5-9-15(16)17-3/h5-6,9-10,18H,1,3-4,7-8,11-13H2,2H3. The topological polar surface area (TPSA) is 30.9 Å². The number of anilines is 1. The molecule has 108 valence electrons. The molecule has 0 saturated carbocycles. The van der Waals surface area contributed by atoms with Crippen molar-refractivity contribution >= 4 is 18.1 Å². The van der Waals surface area contributed by atoms with Gasteiger partial charge in [0.2, 0.25) is 0 Å². The lowest BCUT2D eigenvalue weighted by molar-refractivity contribution is 0.205. The zero-order valence-corrected chi connectivity index (χ0v) is 12.3. The molecule has 20 heavy (non-hydrogen) atoms. The SMILES string of the molecule is C=Nc1ccccc1N(CNC(=C)C)N1CCCCC1. The minimum atomic E-state index is 0.710. The van der Waals surface area contributed by atoms with Crippen molar-refractivity contribution in [1.29, 1.82) is 0 Å². The van der Waals surface area contributed by atoms with Crippen LogP contribution in [0.25, 0.3) is 0 Å². The molecule has 1 N–H and O–H groups in total. The van der Waals surface area contributed by atoms with E-state index < -0.39 is 0 Å². The number of para-hydroxylation sites is 2. The first-order chi connectivity index (χ1) is 9.72. The number of hydrogen-bond acceptors (Lipinski definition) is 4. The fourth-order valence-corrected chi connectivity index (χ4v) is 2.48. The molecule has 1 aliphatic rings. The maximum Gasteiger partial charge on any atom is 0.103 e. The zero-order valence-electron chi connectivity index (χ0n) is 12.3. The lowest BCUT2D eigenvalue weighted by Crippen LogP contribution is -2.49. The van der Waals surface area contributed by atoms with E-state index in [0.29, 0.717) is 6.67 Å². The van der Waals surface area contributed by atoms with Gasteiger partial charge in [0.25, 0.3) is 0 Å². The molecule has 1 aliphatic heterocycles. The van der Waals surface area contributed by atoms with Crippen LogP contribution in [0.5, 0.6) is 0 Å². The van der Waals surface area contributed by atoms with Crippen LogP contribution < -0.4 is 10.3 Å². The van der Waals surface area contributed by atoms with E-state index in [2.05, 4.69) is 39.7 Å². The predicted molar refractivity (Wildman–Crippen MR) is 86.4 cm³/mol. The first-order valence-corrected chi connectivity index (χ1v) is 7.20. The van der Waals surface area contributed by atoms with E-state index in [1.807, 2.05) is 25.1 Å². The van der Waals surface area contributed by atoms with Crippen molar-refractivity contribution in [2.45, 2.75) is 26.2 Å². The van der Waals surface area contributed by atoms with Gasteiger partial charge in [-0.05, 0) is 38.6 Å². The summed E-state index contributed by atoms with van der Waals surface area (Å²) in [6.07, 6.45) is 3.81. The number of benzene rings is 1. The van der Waals surface area contributed by atoms with Gasteiger partial charge in [-0.3, -0.25) is 10.0 Å². The quantitative estimate of drug-likeness (QED) is 0.636. The van der Waals surface area contributed by atoms with Crippen LogP contribution >= 0.6 is 0 Å². The summed E-state index contributed by atoms with van der Waals surface area (Å²) in [4.78, 5) is 4.14. The predicted octanol–water partition coefficient (Wildman–Crippen LogP) is 3.31. The smallest absolute Gasteiger partial charge is 0.103 e. The van der Waals surface area contributed by atoms with E-state index in [9.17, 15) is 0 Å². The molecule has 0 atom stereocenters. The van der Waals surface area contributed by atoms with Crippen LogP contribution in [0.1, 0.15) is 26.2 Å². The minimum absolute atomic E-state index is 0.710. The second-order valence-corrected chi connectivity index (χ2v) is 5.18. The van der Waals surface area contributed by atoms with Gasteiger partial charge >= 0.3 is 0 Å². The zero-order chi connectivity index (χ0) is 14.4. The highest BCUT2D eigenvalue weighted by Crippen LogP contribution is 2.29. The molecule has 4 nitrogen and oxygen atoms in total. The molecule has 0 amide bonds. The summed E-state index contributed by atoms with van der Waals surface area (Å²) in [7, 11) is 0. The Hall–Kier alpha value is -1.81. The third-order valence-corrected chi connectivity index (χ3v) is 3.53. The highest BCUT2D eigenvalue weighted by atomic mass is 15.6. The van der Waals surface area contributed by atoms with Crippen molar-refractivity contribution in [3.8, 4) is 0 Å². The van der Waals surface area contributed by atoms with Crippen LogP contribution in [0.4, 0.5) is 11.4 Å². The third kappa shape index (κ3) is 3.61. The lowest BCUT2D eigenvalue weighted by atomic mass is 10.1. The molecule has 1 aromatic rings. The molecule has 4 heteroatoms. The molecule has 1 fully saturated rings. The maximum absolute atomic E-state index is 4.14. The summed E-state index contributed by atoms with van der Waals surface area (Å²) in [5.41, 5.74) is 2.98. The van der Waals surface area contributed by atoms with Crippen LogP contribution in [0, 0.1) is 0 Å².